The maximum Gasteiger partial charge on any atom is 0.246 e. The number of amides is 6. The van der Waals surface area contributed by atoms with Gasteiger partial charge < -0.3 is 178 Å². The Bertz CT molecular complexity index is 4890. The lowest BCUT2D eigenvalue weighted by molar-refractivity contribution is -0.160. The van der Waals surface area contributed by atoms with Crippen molar-refractivity contribution in [2.24, 2.45) is 34.3 Å². The van der Waals surface area contributed by atoms with Gasteiger partial charge in [0.05, 0.1) is 28.7 Å². The third-order valence-corrected chi connectivity index (χ3v) is 27.8. The highest BCUT2D eigenvalue weighted by molar-refractivity contribution is 6.01. The molecule has 6 amide bonds. The molecule has 5 aliphatic carbocycles. The van der Waals surface area contributed by atoms with Crippen LogP contribution in [0.2, 0.25) is 0 Å². The van der Waals surface area contributed by atoms with Crippen molar-refractivity contribution >= 4 is 41.1 Å². The van der Waals surface area contributed by atoms with Crippen molar-refractivity contribution in [2.75, 3.05) is 51.5 Å². The molecule has 0 saturated heterocycles. The Hall–Kier alpha value is -10.1. The van der Waals surface area contributed by atoms with E-state index in [1.165, 1.54) is 17.2 Å². The Morgan fingerprint density at radius 1 is 0.496 bits per heavy atom. The van der Waals surface area contributed by atoms with E-state index in [9.17, 15) is 146 Å². The molecular formula is C94H141N9O36. The molecule has 0 spiro atoms. The van der Waals surface area contributed by atoms with E-state index in [4.69, 9.17) is 38.9 Å². The van der Waals surface area contributed by atoms with E-state index in [1.807, 2.05) is 44.2 Å². The normalized spacial score (nSPS) is 32.5. The zero-order chi connectivity index (χ0) is 102. The van der Waals surface area contributed by atoms with Gasteiger partial charge in [-0.3, -0.25) is 34.1 Å². The van der Waals surface area contributed by atoms with Crippen molar-refractivity contribution in [2.45, 2.75) is 319 Å². The zero-order valence-electron chi connectivity index (χ0n) is 79.2. The summed E-state index contributed by atoms with van der Waals surface area (Å²) in [7, 11) is 0. The van der Waals surface area contributed by atoms with Crippen LogP contribution >= 0.6 is 0 Å². The fourth-order valence-corrected chi connectivity index (χ4v) is 20.0. The number of anilines is 1. The number of aromatic hydroxyl groups is 1. The van der Waals surface area contributed by atoms with Crippen LogP contribution in [0.3, 0.4) is 0 Å². The zero-order valence-corrected chi connectivity index (χ0v) is 79.2. The lowest BCUT2D eigenvalue weighted by atomic mass is 9.49. The monoisotopic (exact) mass is 1970 g/mol. The lowest BCUT2D eigenvalue weighted by Crippen LogP contribution is -2.60. The van der Waals surface area contributed by atoms with Gasteiger partial charge in [0.1, 0.15) is 72.5 Å². The maximum atomic E-state index is 14.9. The summed E-state index contributed by atoms with van der Waals surface area (Å²) in [5.41, 5.74) is 9.28. The second-order valence-electron chi connectivity index (χ2n) is 37.7. The van der Waals surface area contributed by atoms with Crippen LogP contribution < -0.4 is 32.3 Å². The summed E-state index contributed by atoms with van der Waals surface area (Å²) in [4.78, 5) is 84.7. The molecule has 0 bridgehead atoms. The van der Waals surface area contributed by atoms with Crippen LogP contribution in [0.25, 0.3) is 0 Å². The largest absolute Gasteiger partial charge is 0.508 e. The van der Waals surface area contributed by atoms with Gasteiger partial charge in [0.15, 0.2) is 57.6 Å². The van der Waals surface area contributed by atoms with Crippen molar-refractivity contribution < 1.29 is 179 Å². The molecule has 2 saturated carbocycles. The molecule has 1 aliphatic heterocycles. The van der Waals surface area contributed by atoms with Gasteiger partial charge in [-0.2, -0.15) is 0 Å². The van der Waals surface area contributed by atoms with Crippen molar-refractivity contribution in [1.29, 1.82) is 0 Å². The number of rotatable bonds is 30. The number of imide groups is 1. The number of phenols is 1. The predicted molar refractivity (Wildman–Crippen MR) is 489 cm³/mol. The summed E-state index contributed by atoms with van der Waals surface area (Å²) in [5, 5.41) is 272. The molecule has 45 heteroatoms. The van der Waals surface area contributed by atoms with Gasteiger partial charge in [0.25, 0.3) is 0 Å². The van der Waals surface area contributed by atoms with E-state index in [0.29, 0.717) is 81.7 Å². The molecule has 778 valence electrons. The topological polar surface area (TPSA) is 749 Å². The van der Waals surface area contributed by atoms with Crippen molar-refractivity contribution in [1.82, 2.24) is 36.3 Å². The molecule has 2 heterocycles. The number of benzene rings is 2. The summed E-state index contributed by atoms with van der Waals surface area (Å²) in [6.07, 6.45) is -24.1. The molecule has 139 heavy (non-hydrogen) atoms. The van der Waals surface area contributed by atoms with Gasteiger partial charge in [-0.15, -0.1) is 5.10 Å². The van der Waals surface area contributed by atoms with Crippen LogP contribution in [0.4, 0.5) is 5.69 Å². The second-order valence-corrected chi connectivity index (χ2v) is 37.7. The van der Waals surface area contributed by atoms with Crippen molar-refractivity contribution in [3.8, 4) is 5.75 Å². The fraction of sp³-hybridized carbons (Fsp3) is 0.660. The highest BCUT2D eigenvalue weighted by atomic mass is 16.7. The standard InChI is InChI=1S/C94H141N9O36/c1-47(2)68(82(124)97-48(3)80(122)98-51-22-18-49-20-24-65-91(4,54(49)43-51)32-13-34-93(65,6)89(131)100-90(132)94(7)35-14-33-92(5)55-44-52(109)23-19-50(55)21-25-66(92)94)99-81(123)56(95)15-11-12-36-96-67(111)46-133-59-17-10-8-9-16-57-69(59)101-102-103(57)37-26-60-70(112)76(118)86(128)137-62(29-40-106)72(114)75(117)84(126)134-53(27-38-104)45-58(110)83(125)135-61(28-39-105)71(113)77(119)87(129)138-64(31-42-108)74(116)79(121)88(130)139-63(30-41-107)73(115)78(120)85(127)136-60/h18-19,22-23,43-45,47-48,53,56,59-66,68,83-88,104-110,112-121,125-130H,8-17,20-21,24-42,46,95H2,1-7H3,(H,96,111)(H,97,124)(H,98,122)(H,99,123)(H,100,131,132)/b58-45+,75-72+,76-70?,77-71-,78-73-,79-74+/t48-,53?,56+,59?,60?,61?,62?,63?,64?,65+,66+,68-,83?,84?,85?,86?,87?,88?,91+,92+,93-,94-/m0/s1. The first-order valence-corrected chi connectivity index (χ1v) is 47.1. The van der Waals surface area contributed by atoms with Gasteiger partial charge in [0, 0.05) is 90.3 Å². The SMILES string of the molecule is CC(C)[C@H](NC(=O)[C@H](N)CCCCNC(=O)COC1CCCCCc2c1nnn2CCC1OC(O)/C(O)=C(/O)C(CCO)OC(O)/C(O)=C(\O)C(CCO)OC(O)/C(O)=C(/O)C(CCO)OC(O)/C(O)=C\C(CCO)OC(O)/C(O)=C(\O)C(CCO)OC(O)C(O)=C1O)C(=O)N[C@@H](C)C(=O)Nc1ccc2c(c1)[C@@]1(C)CCC[C@](C)(C(=O)NC(=O)[C@@]3(C)CCC[C@]4(C)c5cc(O)ccc5CC[C@@H]34)[C@@H]1CC2. The molecule has 45 nitrogen and oxygen atoms in total. The van der Waals surface area contributed by atoms with E-state index in [-0.39, 0.29) is 59.9 Å². The molecular weight excluding hydrogens is 1830 g/mol. The Morgan fingerprint density at radius 2 is 0.950 bits per heavy atom. The summed E-state index contributed by atoms with van der Waals surface area (Å²) in [6.45, 7) is 7.76. The molecule has 2 fully saturated rings. The van der Waals surface area contributed by atoms with Crippen LogP contribution in [0.1, 0.15) is 223 Å². The predicted octanol–water partition coefficient (Wildman–Crippen LogP) is 4.04. The molecule has 9 rings (SSSR count). The average molecular weight is 1970 g/mol. The van der Waals surface area contributed by atoms with Crippen LogP contribution in [-0.2, 0) is 98.6 Å². The van der Waals surface area contributed by atoms with Gasteiger partial charge in [-0.05, 0) is 178 Å². The number of ether oxygens (including phenoxy) is 7. The number of carbonyl (C=O) groups excluding carboxylic acids is 6. The molecule has 3 aromatic rings. The first-order valence-electron chi connectivity index (χ1n) is 47.1. The molecule has 30 N–H and O–H groups in total. The number of hydrogen-bond donors (Lipinski definition) is 29. The number of aryl methyl sites for hydroxylation is 3. The third-order valence-electron chi connectivity index (χ3n) is 27.8. The minimum absolute atomic E-state index is 0.0431. The number of aliphatic hydroxyl groups excluding tert-OH is 22. The van der Waals surface area contributed by atoms with E-state index >= 15 is 0 Å². The molecule has 13 unspecified atom stereocenters. The lowest BCUT2D eigenvalue weighted by Gasteiger charge is -2.56. The molecule has 22 atom stereocenters. The summed E-state index contributed by atoms with van der Waals surface area (Å²) >= 11 is 0. The highest BCUT2D eigenvalue weighted by Gasteiger charge is 2.59. The number of aliphatic hydroxyl groups is 22. The quantitative estimate of drug-likeness (QED) is 0.0331. The number of phenolic OH excluding ortho intramolecular Hbond substituents is 1. The average Bonchev–Trinajstić information content (AvgIpc) is 0.994. The van der Waals surface area contributed by atoms with E-state index in [1.54, 1.807) is 19.9 Å². The summed E-state index contributed by atoms with van der Waals surface area (Å²) in [5.74, 6) is -20.2. The number of aromatic nitrogens is 3. The number of nitrogens with zero attached hydrogens (tertiary/aromatic N) is 3. The van der Waals surface area contributed by atoms with Crippen LogP contribution in [-0.4, -0.2) is 307 Å². The molecule has 6 aliphatic rings. The minimum Gasteiger partial charge on any atom is -0.508 e. The molecule has 0 radical (unpaired) electrons. The number of fused-ring (bicyclic) bond motifs is 7. The number of hydrogen-bond acceptors (Lipinski definition) is 39. The Balaban J connectivity index is 0.812. The fourth-order valence-electron chi connectivity index (χ4n) is 20.0. The van der Waals surface area contributed by atoms with Crippen LogP contribution in [0, 0.1) is 28.6 Å². The Kier molecular flexibility index (Phi) is 40.9. The van der Waals surface area contributed by atoms with Gasteiger partial charge in [0.2, 0.25) is 73.2 Å². The maximum absolute atomic E-state index is 14.9. The highest BCUT2D eigenvalue weighted by Crippen LogP contribution is 2.60. The second kappa shape index (κ2) is 50.5. The van der Waals surface area contributed by atoms with Crippen LogP contribution in [0.5, 0.6) is 5.75 Å². The van der Waals surface area contributed by atoms with Gasteiger partial charge in [-0.1, -0.05) is 84.6 Å². The van der Waals surface area contributed by atoms with Crippen molar-refractivity contribution in [3.63, 3.8) is 0 Å². The number of nitrogens with one attached hydrogen (secondary N) is 5. The van der Waals surface area contributed by atoms with Crippen LogP contribution in [0.15, 0.2) is 106 Å². The Morgan fingerprint density at radius 3 is 1.42 bits per heavy atom. The van der Waals surface area contributed by atoms with E-state index in [2.05, 4.69) is 50.7 Å². The smallest absolute Gasteiger partial charge is 0.246 e. The summed E-state index contributed by atoms with van der Waals surface area (Å²) in [6, 6.07) is 7.99. The molecule has 2 aromatic carbocycles. The Labute approximate surface area is 802 Å². The first kappa shape index (κ1) is 112. The third kappa shape index (κ3) is 27.4. The van der Waals surface area contributed by atoms with Crippen molar-refractivity contribution in [3.05, 3.63) is 139 Å². The first-order chi connectivity index (χ1) is 65.8. The van der Waals surface area contributed by atoms with E-state index in [0.717, 1.165) is 55.2 Å². The number of unbranched alkanes of at least 4 members (excludes halogenated alkanes) is 1. The van der Waals surface area contributed by atoms with Gasteiger partial charge >= 0.3 is 0 Å². The molecule has 1 aromatic heterocycles. The van der Waals surface area contributed by atoms with E-state index < -0.39 is 292 Å². The summed E-state index contributed by atoms with van der Waals surface area (Å²) < 4.78 is 39.1. The van der Waals surface area contributed by atoms with Gasteiger partial charge in [-0.25, -0.2) is 4.68 Å². The number of nitrogens with two attached hydrogens (primary N) is 1. The minimum atomic E-state index is -2.90. The number of carbonyl (C=O) groups is 6.